The van der Waals surface area contributed by atoms with Crippen molar-refractivity contribution in [3.05, 3.63) is 47.3 Å². The van der Waals surface area contributed by atoms with Crippen LogP contribution >= 0.6 is 0 Å². The Morgan fingerprint density at radius 1 is 1.30 bits per heavy atom. The second-order valence-corrected chi connectivity index (χ2v) is 6.67. The Balaban J connectivity index is 1.51. The molecule has 2 aliphatic rings. The quantitative estimate of drug-likeness (QED) is 0.920. The van der Waals surface area contributed by atoms with Crippen molar-refractivity contribution in [1.29, 1.82) is 0 Å². The molecular weight excluding hydrogens is 295 g/mol. The maximum atomic E-state index is 13.6. The molecule has 1 saturated heterocycles. The number of fused-ring (bicyclic) bond motifs is 1. The van der Waals surface area contributed by atoms with Crippen LogP contribution in [0.4, 0.5) is 4.39 Å². The van der Waals surface area contributed by atoms with Crippen molar-refractivity contribution in [1.82, 2.24) is 19.7 Å². The van der Waals surface area contributed by atoms with Gasteiger partial charge < -0.3 is 5.11 Å². The summed E-state index contributed by atoms with van der Waals surface area (Å²) < 4.78 is 15.2. The van der Waals surface area contributed by atoms with Crippen molar-refractivity contribution in [3.63, 3.8) is 0 Å². The number of hydrogen-bond acceptors (Lipinski definition) is 4. The van der Waals surface area contributed by atoms with Gasteiger partial charge in [0.15, 0.2) is 5.82 Å². The average molecular weight is 316 g/mol. The maximum absolute atomic E-state index is 13.6. The predicted molar refractivity (Wildman–Crippen MR) is 83.2 cm³/mol. The summed E-state index contributed by atoms with van der Waals surface area (Å²) >= 11 is 0. The number of halogens is 1. The molecule has 6 heteroatoms. The molecule has 5 nitrogen and oxygen atoms in total. The molecule has 1 unspecified atom stereocenters. The Morgan fingerprint density at radius 2 is 2.09 bits per heavy atom. The van der Waals surface area contributed by atoms with Crippen molar-refractivity contribution in [2.24, 2.45) is 7.05 Å². The van der Waals surface area contributed by atoms with Crippen molar-refractivity contribution in [2.45, 2.75) is 37.3 Å². The van der Waals surface area contributed by atoms with Crippen LogP contribution in [-0.2, 0) is 19.1 Å². The summed E-state index contributed by atoms with van der Waals surface area (Å²) in [5, 5.41) is 15.0. The normalized spacial score (nSPS) is 23.9. The van der Waals surface area contributed by atoms with Crippen LogP contribution in [0.1, 0.15) is 42.3 Å². The number of aromatic nitrogens is 3. The largest absolute Gasteiger partial charge is 0.382 e. The molecule has 1 aliphatic heterocycles. The first kappa shape index (κ1) is 14.8. The van der Waals surface area contributed by atoms with E-state index >= 15 is 0 Å². The standard InChI is InChI=1S/C17H21FN4O/c1-21-16(19-11-20-21)17(23)6-8-22(9-7-17)15-5-3-12-2-4-13(18)10-14(12)15/h2,4,10-11,15,23H,3,5-9H2,1H3. The summed E-state index contributed by atoms with van der Waals surface area (Å²) in [7, 11) is 1.81. The van der Waals surface area contributed by atoms with E-state index in [4.69, 9.17) is 0 Å². The minimum absolute atomic E-state index is 0.164. The second kappa shape index (κ2) is 5.39. The SMILES string of the molecule is Cn1ncnc1C1(O)CCN(C2CCc3ccc(F)cc32)CC1. The summed E-state index contributed by atoms with van der Waals surface area (Å²) in [5.41, 5.74) is 1.46. The van der Waals surface area contributed by atoms with Gasteiger partial charge >= 0.3 is 0 Å². The molecule has 2 aromatic rings. The number of aryl methyl sites for hydroxylation is 2. The van der Waals surface area contributed by atoms with Crippen molar-refractivity contribution < 1.29 is 9.50 Å². The highest BCUT2D eigenvalue weighted by molar-refractivity contribution is 5.35. The smallest absolute Gasteiger partial charge is 0.158 e. The lowest BCUT2D eigenvalue weighted by Crippen LogP contribution is -2.44. The molecule has 1 aromatic carbocycles. The molecule has 1 atom stereocenters. The van der Waals surface area contributed by atoms with E-state index in [0.29, 0.717) is 18.7 Å². The molecule has 1 aliphatic carbocycles. The zero-order valence-corrected chi connectivity index (χ0v) is 13.2. The van der Waals surface area contributed by atoms with Crippen LogP contribution in [0.25, 0.3) is 0 Å². The third-order valence-corrected chi connectivity index (χ3v) is 5.35. The molecule has 1 N–H and O–H groups in total. The molecule has 0 radical (unpaired) electrons. The Morgan fingerprint density at radius 3 is 2.78 bits per heavy atom. The first-order valence-corrected chi connectivity index (χ1v) is 8.16. The minimum atomic E-state index is -0.912. The van der Waals surface area contributed by atoms with Gasteiger partial charge in [0, 0.05) is 26.2 Å². The lowest BCUT2D eigenvalue weighted by molar-refractivity contribution is -0.0448. The summed E-state index contributed by atoms with van der Waals surface area (Å²) in [6, 6.07) is 5.40. The van der Waals surface area contributed by atoms with Gasteiger partial charge in [0.05, 0.1) is 0 Å². The van der Waals surface area contributed by atoms with Gasteiger partial charge in [-0.1, -0.05) is 6.07 Å². The molecule has 0 bridgehead atoms. The Bertz CT molecular complexity index is 721. The molecule has 0 spiro atoms. The van der Waals surface area contributed by atoms with Crippen LogP contribution in [0.2, 0.25) is 0 Å². The number of likely N-dealkylation sites (tertiary alicyclic amines) is 1. The van der Waals surface area contributed by atoms with Crippen LogP contribution in [0, 0.1) is 5.82 Å². The summed E-state index contributed by atoms with van der Waals surface area (Å²) in [5.74, 6) is 0.471. The molecular formula is C17H21FN4O. The number of nitrogens with zero attached hydrogens (tertiary/aromatic N) is 4. The van der Waals surface area contributed by atoms with Crippen LogP contribution in [0.15, 0.2) is 24.5 Å². The van der Waals surface area contributed by atoms with Gasteiger partial charge in [-0.3, -0.25) is 9.58 Å². The van der Waals surface area contributed by atoms with E-state index in [1.54, 1.807) is 16.8 Å². The highest BCUT2D eigenvalue weighted by Crippen LogP contribution is 2.40. The monoisotopic (exact) mass is 316 g/mol. The fraction of sp³-hybridized carbons (Fsp3) is 0.529. The van der Waals surface area contributed by atoms with E-state index in [-0.39, 0.29) is 11.9 Å². The zero-order chi connectivity index (χ0) is 16.0. The topological polar surface area (TPSA) is 54.2 Å². The van der Waals surface area contributed by atoms with Gasteiger partial charge in [0.2, 0.25) is 0 Å². The molecule has 1 fully saturated rings. The van der Waals surface area contributed by atoms with Gasteiger partial charge in [-0.2, -0.15) is 5.10 Å². The molecule has 1 aromatic heterocycles. The molecule has 2 heterocycles. The van der Waals surface area contributed by atoms with Gasteiger partial charge in [-0.25, -0.2) is 9.37 Å². The van der Waals surface area contributed by atoms with E-state index in [2.05, 4.69) is 15.0 Å². The van der Waals surface area contributed by atoms with Crippen LogP contribution in [-0.4, -0.2) is 37.9 Å². The van der Waals surface area contributed by atoms with E-state index in [0.717, 1.165) is 31.5 Å². The van der Waals surface area contributed by atoms with E-state index < -0.39 is 5.60 Å². The molecule has 0 amide bonds. The Hall–Kier alpha value is -1.79. The third-order valence-electron chi connectivity index (χ3n) is 5.35. The second-order valence-electron chi connectivity index (χ2n) is 6.67. The van der Waals surface area contributed by atoms with E-state index in [1.165, 1.54) is 11.9 Å². The van der Waals surface area contributed by atoms with Crippen molar-refractivity contribution in [2.75, 3.05) is 13.1 Å². The van der Waals surface area contributed by atoms with E-state index in [9.17, 15) is 9.50 Å². The number of aliphatic hydroxyl groups is 1. The summed E-state index contributed by atoms with van der Waals surface area (Å²) in [6.07, 6.45) is 4.77. The van der Waals surface area contributed by atoms with Gasteiger partial charge in [0.25, 0.3) is 0 Å². The number of rotatable bonds is 2. The summed E-state index contributed by atoms with van der Waals surface area (Å²) in [4.78, 5) is 6.59. The number of hydrogen-bond donors (Lipinski definition) is 1. The van der Waals surface area contributed by atoms with E-state index in [1.807, 2.05) is 13.1 Å². The maximum Gasteiger partial charge on any atom is 0.158 e. The third kappa shape index (κ3) is 2.46. The molecule has 0 saturated carbocycles. The zero-order valence-electron chi connectivity index (χ0n) is 13.2. The highest BCUT2D eigenvalue weighted by atomic mass is 19.1. The average Bonchev–Trinajstić information content (AvgIpc) is 3.14. The molecule has 122 valence electrons. The Kier molecular flexibility index (Phi) is 3.46. The lowest BCUT2D eigenvalue weighted by atomic mass is 9.89. The lowest BCUT2D eigenvalue weighted by Gasteiger charge is -2.40. The minimum Gasteiger partial charge on any atom is -0.382 e. The van der Waals surface area contributed by atoms with Gasteiger partial charge in [0.1, 0.15) is 17.7 Å². The van der Waals surface area contributed by atoms with Crippen molar-refractivity contribution in [3.8, 4) is 0 Å². The van der Waals surface area contributed by atoms with Crippen LogP contribution in [0.5, 0.6) is 0 Å². The fourth-order valence-corrected chi connectivity index (χ4v) is 4.08. The first-order valence-electron chi connectivity index (χ1n) is 8.16. The number of piperidine rings is 1. The molecule has 4 rings (SSSR count). The molecule has 23 heavy (non-hydrogen) atoms. The van der Waals surface area contributed by atoms with Gasteiger partial charge in [-0.15, -0.1) is 0 Å². The van der Waals surface area contributed by atoms with Crippen LogP contribution in [0.3, 0.4) is 0 Å². The first-order chi connectivity index (χ1) is 11.1. The predicted octanol–water partition coefficient (Wildman–Crippen LogP) is 1.93. The van der Waals surface area contributed by atoms with Gasteiger partial charge in [-0.05, 0) is 48.9 Å². The van der Waals surface area contributed by atoms with Crippen molar-refractivity contribution >= 4 is 0 Å². The number of benzene rings is 1. The van der Waals surface area contributed by atoms with Crippen LogP contribution < -0.4 is 0 Å². The summed E-state index contributed by atoms with van der Waals surface area (Å²) in [6.45, 7) is 1.56. The Labute approximate surface area is 134 Å². The highest BCUT2D eigenvalue weighted by Gasteiger charge is 2.40. The fourth-order valence-electron chi connectivity index (χ4n) is 4.08.